The third-order valence-corrected chi connectivity index (χ3v) is 5.05. The molecule has 5 nitrogen and oxygen atoms in total. The number of carbonyl (C=O) groups is 2. The average Bonchev–Trinajstić information content (AvgIpc) is 2.95. The third-order valence-electron chi connectivity index (χ3n) is 3.67. The van der Waals surface area contributed by atoms with E-state index in [1.54, 1.807) is 32.3 Å². The average molecular weight is 346 g/mol. The molecule has 0 spiro atoms. The first kappa shape index (κ1) is 18.0. The third kappa shape index (κ3) is 3.76. The minimum Gasteiger partial charge on any atom is -0.495 e. The van der Waals surface area contributed by atoms with Gasteiger partial charge in [0.1, 0.15) is 5.75 Å². The Morgan fingerprint density at radius 2 is 1.96 bits per heavy atom. The van der Waals surface area contributed by atoms with Crippen molar-refractivity contribution in [1.29, 1.82) is 0 Å². The van der Waals surface area contributed by atoms with E-state index in [-0.39, 0.29) is 11.8 Å². The molecule has 0 aliphatic heterocycles. The Morgan fingerprint density at radius 3 is 2.50 bits per heavy atom. The Bertz CT molecular complexity index is 766. The summed E-state index contributed by atoms with van der Waals surface area (Å²) in [7, 11) is 4.90. The van der Waals surface area contributed by atoms with E-state index in [0.717, 1.165) is 12.0 Å². The number of amides is 2. The molecule has 1 aromatic carbocycles. The highest BCUT2D eigenvalue weighted by Gasteiger charge is 2.16. The van der Waals surface area contributed by atoms with E-state index in [0.29, 0.717) is 21.9 Å². The molecule has 128 valence electrons. The van der Waals surface area contributed by atoms with Crippen LogP contribution in [0, 0.1) is 6.92 Å². The lowest BCUT2D eigenvalue weighted by Gasteiger charge is -2.14. The van der Waals surface area contributed by atoms with E-state index in [2.05, 4.69) is 12.2 Å². The Labute approximate surface area is 146 Å². The number of methoxy groups -OCH3 is 1. The van der Waals surface area contributed by atoms with Crippen LogP contribution >= 0.6 is 11.3 Å². The first-order valence-electron chi connectivity index (χ1n) is 7.67. The van der Waals surface area contributed by atoms with Gasteiger partial charge in [0, 0.05) is 24.5 Å². The van der Waals surface area contributed by atoms with Gasteiger partial charge in [-0.25, -0.2) is 0 Å². The molecular formula is C18H22N2O3S. The van der Waals surface area contributed by atoms with Crippen molar-refractivity contribution in [2.75, 3.05) is 26.5 Å². The lowest BCUT2D eigenvalue weighted by Crippen LogP contribution is -2.22. The zero-order chi connectivity index (χ0) is 17.9. The largest absolute Gasteiger partial charge is 0.495 e. The van der Waals surface area contributed by atoms with Crippen LogP contribution in [-0.4, -0.2) is 37.9 Å². The summed E-state index contributed by atoms with van der Waals surface area (Å²) in [5.74, 6) is 0.187. The number of benzene rings is 1. The molecule has 0 radical (unpaired) electrons. The molecule has 24 heavy (non-hydrogen) atoms. The van der Waals surface area contributed by atoms with Gasteiger partial charge < -0.3 is 15.0 Å². The van der Waals surface area contributed by atoms with E-state index in [1.807, 2.05) is 13.0 Å². The molecule has 1 heterocycles. The van der Waals surface area contributed by atoms with Crippen LogP contribution in [0.4, 0.5) is 5.69 Å². The molecule has 0 fully saturated rings. The number of hydrogen-bond donors (Lipinski definition) is 1. The number of rotatable bonds is 5. The summed E-state index contributed by atoms with van der Waals surface area (Å²) in [6.07, 6.45) is 0.903. The molecule has 2 aromatic rings. The molecule has 2 amide bonds. The molecule has 0 unspecified atom stereocenters. The number of hydrogen-bond acceptors (Lipinski definition) is 4. The van der Waals surface area contributed by atoms with Crippen LogP contribution in [0.25, 0.3) is 0 Å². The quantitative estimate of drug-likeness (QED) is 0.900. The predicted molar refractivity (Wildman–Crippen MR) is 97.4 cm³/mol. The van der Waals surface area contributed by atoms with Gasteiger partial charge in [-0.2, -0.15) is 0 Å². The fraction of sp³-hybridized carbons (Fsp3) is 0.333. The van der Waals surface area contributed by atoms with Crippen molar-refractivity contribution in [3.63, 3.8) is 0 Å². The zero-order valence-corrected chi connectivity index (χ0v) is 15.4. The van der Waals surface area contributed by atoms with E-state index in [4.69, 9.17) is 4.74 Å². The molecule has 0 aliphatic carbocycles. The maximum absolute atomic E-state index is 12.5. The zero-order valence-electron chi connectivity index (χ0n) is 14.6. The number of anilines is 1. The van der Waals surface area contributed by atoms with Crippen LogP contribution in [0.3, 0.4) is 0 Å². The number of thiophene rings is 1. The second kappa shape index (κ2) is 7.49. The second-order valence-corrected chi connectivity index (χ2v) is 6.78. The number of carbonyl (C=O) groups excluding carboxylic acids is 2. The highest BCUT2D eigenvalue weighted by molar-refractivity contribution is 7.14. The Kier molecular flexibility index (Phi) is 5.62. The van der Waals surface area contributed by atoms with Gasteiger partial charge in [0.05, 0.1) is 17.7 Å². The minimum absolute atomic E-state index is 0.131. The van der Waals surface area contributed by atoms with Gasteiger partial charge in [0.25, 0.3) is 11.8 Å². The van der Waals surface area contributed by atoms with Crippen molar-refractivity contribution < 1.29 is 14.3 Å². The summed E-state index contributed by atoms with van der Waals surface area (Å²) in [6.45, 7) is 4.07. The van der Waals surface area contributed by atoms with Crippen LogP contribution in [0.1, 0.15) is 37.4 Å². The second-order valence-electron chi connectivity index (χ2n) is 5.64. The molecule has 0 bridgehead atoms. The smallest absolute Gasteiger partial charge is 0.265 e. The first-order chi connectivity index (χ1) is 11.4. The van der Waals surface area contributed by atoms with E-state index < -0.39 is 0 Å². The van der Waals surface area contributed by atoms with Gasteiger partial charge >= 0.3 is 0 Å². The summed E-state index contributed by atoms with van der Waals surface area (Å²) < 4.78 is 5.29. The predicted octanol–water partition coefficient (Wildman–Crippen LogP) is 3.58. The van der Waals surface area contributed by atoms with Crippen molar-refractivity contribution in [3.05, 3.63) is 45.1 Å². The van der Waals surface area contributed by atoms with Crippen LogP contribution < -0.4 is 10.1 Å². The number of nitrogens with one attached hydrogen (secondary N) is 1. The fourth-order valence-corrected chi connectivity index (χ4v) is 3.37. The maximum atomic E-state index is 12.5. The Morgan fingerprint density at radius 1 is 1.25 bits per heavy atom. The van der Waals surface area contributed by atoms with Crippen LogP contribution in [0.5, 0.6) is 5.75 Å². The summed E-state index contributed by atoms with van der Waals surface area (Å²) in [5, 5.41) is 2.85. The molecule has 0 aliphatic rings. The van der Waals surface area contributed by atoms with Gasteiger partial charge in [-0.15, -0.1) is 11.3 Å². The SMILES string of the molecule is CCc1sc(C(=O)Nc2cc(C(=O)N(C)C)ccc2OC)cc1C. The van der Waals surface area contributed by atoms with E-state index in [1.165, 1.54) is 28.2 Å². The number of ether oxygens (including phenoxy) is 1. The molecule has 6 heteroatoms. The summed E-state index contributed by atoms with van der Waals surface area (Å²) in [4.78, 5) is 28.0. The topological polar surface area (TPSA) is 58.6 Å². The summed E-state index contributed by atoms with van der Waals surface area (Å²) in [6, 6.07) is 6.89. The summed E-state index contributed by atoms with van der Waals surface area (Å²) >= 11 is 1.49. The minimum atomic E-state index is -0.199. The van der Waals surface area contributed by atoms with Crippen molar-refractivity contribution in [2.24, 2.45) is 0 Å². The Balaban J connectivity index is 2.31. The van der Waals surface area contributed by atoms with Crippen molar-refractivity contribution in [1.82, 2.24) is 4.90 Å². The van der Waals surface area contributed by atoms with Crippen LogP contribution in [0.15, 0.2) is 24.3 Å². The molecule has 0 saturated carbocycles. The normalized spacial score (nSPS) is 10.4. The van der Waals surface area contributed by atoms with Crippen LogP contribution in [-0.2, 0) is 6.42 Å². The molecule has 0 atom stereocenters. The van der Waals surface area contributed by atoms with Crippen molar-refractivity contribution >= 4 is 28.8 Å². The van der Waals surface area contributed by atoms with Gasteiger partial charge in [0.2, 0.25) is 0 Å². The molecule has 1 N–H and O–H groups in total. The molecule has 2 rings (SSSR count). The molecular weight excluding hydrogens is 324 g/mol. The highest BCUT2D eigenvalue weighted by Crippen LogP contribution is 2.28. The number of nitrogens with zero attached hydrogens (tertiary/aromatic N) is 1. The first-order valence-corrected chi connectivity index (χ1v) is 8.49. The van der Waals surface area contributed by atoms with Gasteiger partial charge in [-0.1, -0.05) is 6.92 Å². The van der Waals surface area contributed by atoms with Gasteiger partial charge in [0.15, 0.2) is 0 Å². The van der Waals surface area contributed by atoms with E-state index >= 15 is 0 Å². The van der Waals surface area contributed by atoms with Gasteiger partial charge in [-0.05, 0) is 43.2 Å². The monoisotopic (exact) mass is 346 g/mol. The van der Waals surface area contributed by atoms with Crippen molar-refractivity contribution in [3.8, 4) is 5.75 Å². The van der Waals surface area contributed by atoms with Crippen molar-refractivity contribution in [2.45, 2.75) is 20.3 Å². The maximum Gasteiger partial charge on any atom is 0.265 e. The molecule has 1 aromatic heterocycles. The standard InChI is InChI=1S/C18H22N2O3S/c1-6-15-11(2)9-16(24-15)17(21)19-13-10-12(18(22)20(3)4)7-8-14(13)23-5/h7-10H,6H2,1-5H3,(H,19,21). The molecule has 0 saturated heterocycles. The lowest BCUT2D eigenvalue weighted by atomic mass is 10.1. The van der Waals surface area contributed by atoms with E-state index in [9.17, 15) is 9.59 Å². The van der Waals surface area contributed by atoms with Gasteiger partial charge in [-0.3, -0.25) is 9.59 Å². The highest BCUT2D eigenvalue weighted by atomic mass is 32.1. The summed E-state index contributed by atoms with van der Waals surface area (Å²) in [5.41, 5.74) is 2.10. The number of aryl methyl sites for hydroxylation is 2. The fourth-order valence-electron chi connectivity index (χ4n) is 2.36. The lowest BCUT2D eigenvalue weighted by molar-refractivity contribution is 0.0827. The van der Waals surface area contributed by atoms with Crippen LogP contribution in [0.2, 0.25) is 0 Å². The Hall–Kier alpha value is -2.34.